The van der Waals surface area contributed by atoms with E-state index in [0.717, 1.165) is 25.7 Å². The number of ketones is 1. The average molecular weight is 276 g/mol. The molecule has 1 aliphatic carbocycles. The average Bonchev–Trinajstić information content (AvgIpc) is 2.47. The van der Waals surface area contributed by atoms with Crippen LogP contribution in [0.2, 0.25) is 0 Å². The summed E-state index contributed by atoms with van der Waals surface area (Å²) in [6.07, 6.45) is 3.58. The Morgan fingerprint density at radius 3 is 2.25 bits per heavy atom. The van der Waals surface area contributed by atoms with Crippen molar-refractivity contribution in [1.82, 2.24) is 0 Å². The second-order valence-corrected chi connectivity index (χ2v) is 5.10. The Morgan fingerprint density at radius 1 is 1.05 bits per heavy atom. The summed E-state index contributed by atoms with van der Waals surface area (Å²) in [4.78, 5) is 23.8. The maximum atomic E-state index is 12.3. The number of carbonyl (C=O) groups is 2. The maximum absolute atomic E-state index is 12.3. The van der Waals surface area contributed by atoms with Crippen LogP contribution in [-0.4, -0.2) is 31.1 Å². The van der Waals surface area contributed by atoms with Gasteiger partial charge in [-0.2, -0.15) is 0 Å². The highest BCUT2D eigenvalue weighted by atomic mass is 16.6. The molecule has 2 rings (SSSR count). The third-order valence-electron chi connectivity index (χ3n) is 3.73. The lowest BCUT2D eigenvalue weighted by atomic mass is 9.94. The molecule has 4 nitrogen and oxygen atoms in total. The number of esters is 1. The van der Waals surface area contributed by atoms with Gasteiger partial charge in [-0.05, 0) is 32.3 Å². The number of ether oxygens (including phenoxy) is 2. The second kappa shape index (κ2) is 6.66. The normalized spacial score (nSPS) is 22.3. The predicted octanol–water partition coefficient (Wildman–Crippen LogP) is 3.00. The molecule has 0 spiro atoms. The molecule has 0 bridgehead atoms. The molecule has 1 aromatic carbocycles. The fourth-order valence-electron chi connectivity index (χ4n) is 2.64. The summed E-state index contributed by atoms with van der Waals surface area (Å²) in [5.41, 5.74) is 0.739. The topological polar surface area (TPSA) is 52.6 Å². The first-order chi connectivity index (χ1) is 9.63. The number of benzene rings is 1. The van der Waals surface area contributed by atoms with Crippen LogP contribution in [0, 0.1) is 0 Å². The van der Waals surface area contributed by atoms with E-state index in [1.54, 1.807) is 31.4 Å². The molecule has 108 valence electrons. The van der Waals surface area contributed by atoms with Crippen LogP contribution in [0.5, 0.6) is 0 Å². The first-order valence-corrected chi connectivity index (χ1v) is 6.97. The van der Waals surface area contributed by atoms with Gasteiger partial charge >= 0.3 is 5.97 Å². The van der Waals surface area contributed by atoms with Crippen molar-refractivity contribution in [2.75, 3.05) is 7.11 Å². The number of hydrogen-bond donors (Lipinski definition) is 0. The summed E-state index contributed by atoms with van der Waals surface area (Å²) < 4.78 is 10.9. The fraction of sp³-hybridized carbons (Fsp3) is 0.500. The molecule has 0 aliphatic heterocycles. The van der Waals surface area contributed by atoms with E-state index < -0.39 is 5.97 Å². The molecule has 20 heavy (non-hydrogen) atoms. The van der Waals surface area contributed by atoms with Crippen LogP contribution >= 0.6 is 0 Å². The van der Waals surface area contributed by atoms with E-state index in [1.807, 2.05) is 0 Å². The highest BCUT2D eigenvalue weighted by molar-refractivity contribution is 6.05. The molecule has 4 heteroatoms. The number of hydrogen-bond acceptors (Lipinski definition) is 4. The van der Waals surface area contributed by atoms with Crippen LogP contribution in [0.4, 0.5) is 0 Å². The third kappa shape index (κ3) is 3.25. The van der Waals surface area contributed by atoms with Gasteiger partial charge in [0.15, 0.2) is 5.78 Å². The van der Waals surface area contributed by atoms with E-state index in [4.69, 9.17) is 9.47 Å². The van der Waals surface area contributed by atoms with Crippen molar-refractivity contribution in [2.24, 2.45) is 0 Å². The van der Waals surface area contributed by atoms with Crippen molar-refractivity contribution in [3.8, 4) is 0 Å². The van der Waals surface area contributed by atoms with E-state index in [-0.39, 0.29) is 18.0 Å². The number of rotatable bonds is 4. The first-order valence-electron chi connectivity index (χ1n) is 6.97. The van der Waals surface area contributed by atoms with Gasteiger partial charge in [-0.25, -0.2) is 4.79 Å². The van der Waals surface area contributed by atoms with Gasteiger partial charge in [0.2, 0.25) is 0 Å². The van der Waals surface area contributed by atoms with Gasteiger partial charge in [-0.15, -0.1) is 0 Å². The molecule has 0 aromatic heterocycles. The minimum atomic E-state index is -0.440. The minimum absolute atomic E-state index is 0.0443. The monoisotopic (exact) mass is 276 g/mol. The van der Waals surface area contributed by atoms with Crippen LogP contribution < -0.4 is 0 Å². The smallest absolute Gasteiger partial charge is 0.339 e. The van der Waals surface area contributed by atoms with Crippen LogP contribution in [-0.2, 0) is 9.47 Å². The lowest BCUT2D eigenvalue weighted by Gasteiger charge is -2.30. The van der Waals surface area contributed by atoms with E-state index >= 15 is 0 Å². The largest absolute Gasteiger partial charge is 0.456 e. The van der Waals surface area contributed by atoms with Gasteiger partial charge in [-0.3, -0.25) is 4.79 Å². The van der Waals surface area contributed by atoms with Crippen molar-refractivity contribution in [3.05, 3.63) is 35.4 Å². The number of methoxy groups -OCH3 is 1. The highest BCUT2D eigenvalue weighted by Gasteiger charge is 2.29. The van der Waals surface area contributed by atoms with Crippen LogP contribution in [0.25, 0.3) is 0 Å². The SMILES string of the molecule is COC1CCCCC1OC(=O)c1ccccc1C(C)=O. The van der Waals surface area contributed by atoms with Crippen LogP contribution in [0.3, 0.4) is 0 Å². The Balaban J connectivity index is 2.13. The summed E-state index contributed by atoms with van der Waals surface area (Å²) in [6, 6.07) is 6.75. The van der Waals surface area contributed by atoms with E-state index in [1.165, 1.54) is 6.92 Å². The zero-order chi connectivity index (χ0) is 14.5. The van der Waals surface area contributed by atoms with Gasteiger partial charge in [0.1, 0.15) is 6.10 Å². The van der Waals surface area contributed by atoms with Gasteiger partial charge < -0.3 is 9.47 Å². The first kappa shape index (κ1) is 14.7. The molecule has 1 aliphatic rings. The molecule has 0 heterocycles. The van der Waals surface area contributed by atoms with Crippen molar-refractivity contribution in [3.63, 3.8) is 0 Å². The molecule has 2 atom stereocenters. The zero-order valence-corrected chi connectivity index (χ0v) is 11.9. The minimum Gasteiger partial charge on any atom is -0.456 e. The summed E-state index contributed by atoms with van der Waals surface area (Å²) in [7, 11) is 1.64. The van der Waals surface area contributed by atoms with E-state index in [9.17, 15) is 9.59 Å². The molecule has 1 saturated carbocycles. The van der Waals surface area contributed by atoms with Crippen LogP contribution in [0.1, 0.15) is 53.3 Å². The fourth-order valence-corrected chi connectivity index (χ4v) is 2.64. The molecule has 1 aromatic rings. The summed E-state index contributed by atoms with van der Waals surface area (Å²) in [5.74, 6) is -0.575. The molecule has 1 fully saturated rings. The summed E-state index contributed by atoms with van der Waals surface area (Å²) >= 11 is 0. The molecule has 0 amide bonds. The zero-order valence-electron chi connectivity index (χ0n) is 11.9. The second-order valence-electron chi connectivity index (χ2n) is 5.10. The van der Waals surface area contributed by atoms with E-state index in [0.29, 0.717) is 11.1 Å². The molecule has 0 radical (unpaired) electrons. The van der Waals surface area contributed by atoms with Crippen molar-refractivity contribution in [2.45, 2.75) is 44.8 Å². The Hall–Kier alpha value is -1.68. The van der Waals surface area contributed by atoms with Gasteiger partial charge in [0, 0.05) is 12.7 Å². The lowest BCUT2D eigenvalue weighted by Crippen LogP contribution is -2.35. The number of Topliss-reactive ketones (excluding diaryl/α,β-unsaturated/α-hetero) is 1. The molecule has 0 N–H and O–H groups in total. The van der Waals surface area contributed by atoms with Crippen LogP contribution in [0.15, 0.2) is 24.3 Å². The van der Waals surface area contributed by atoms with E-state index in [2.05, 4.69) is 0 Å². The Kier molecular flexibility index (Phi) is 4.90. The number of carbonyl (C=O) groups excluding carboxylic acids is 2. The molecule has 0 saturated heterocycles. The lowest BCUT2D eigenvalue weighted by molar-refractivity contribution is -0.0539. The van der Waals surface area contributed by atoms with Crippen molar-refractivity contribution < 1.29 is 19.1 Å². The summed E-state index contributed by atoms with van der Waals surface area (Å²) in [5, 5.41) is 0. The van der Waals surface area contributed by atoms with Gasteiger partial charge in [0.25, 0.3) is 0 Å². The van der Waals surface area contributed by atoms with Crippen molar-refractivity contribution in [1.29, 1.82) is 0 Å². The quantitative estimate of drug-likeness (QED) is 0.626. The standard InChI is InChI=1S/C16H20O4/c1-11(17)12-7-3-4-8-13(12)16(18)20-15-10-6-5-9-14(15)19-2/h3-4,7-8,14-15H,5-6,9-10H2,1-2H3. The Bertz CT molecular complexity index is 495. The predicted molar refractivity (Wildman–Crippen MR) is 74.9 cm³/mol. The maximum Gasteiger partial charge on any atom is 0.339 e. The van der Waals surface area contributed by atoms with Gasteiger partial charge in [-0.1, -0.05) is 24.6 Å². The summed E-state index contributed by atoms with van der Waals surface area (Å²) in [6.45, 7) is 1.45. The molecule has 2 unspecified atom stereocenters. The Morgan fingerprint density at radius 2 is 1.65 bits per heavy atom. The molecular formula is C16H20O4. The third-order valence-corrected chi connectivity index (χ3v) is 3.73. The van der Waals surface area contributed by atoms with Gasteiger partial charge in [0.05, 0.1) is 11.7 Å². The Labute approximate surface area is 119 Å². The van der Waals surface area contributed by atoms with Crippen molar-refractivity contribution >= 4 is 11.8 Å². The highest BCUT2D eigenvalue weighted by Crippen LogP contribution is 2.24. The molecular weight excluding hydrogens is 256 g/mol.